The van der Waals surface area contributed by atoms with Gasteiger partial charge in [-0.2, -0.15) is 4.31 Å². The summed E-state index contributed by atoms with van der Waals surface area (Å²) in [6, 6.07) is 12.9. The van der Waals surface area contributed by atoms with Gasteiger partial charge in [-0.3, -0.25) is 4.90 Å². The second kappa shape index (κ2) is 8.96. The molecule has 3 aromatic rings. The van der Waals surface area contributed by atoms with Gasteiger partial charge in [-0.25, -0.2) is 12.8 Å². The zero-order valence-electron chi connectivity index (χ0n) is 16.8. The Labute approximate surface area is 185 Å². The zero-order valence-corrected chi connectivity index (χ0v) is 18.4. The van der Waals surface area contributed by atoms with E-state index >= 15 is 0 Å². The molecule has 0 N–H and O–H groups in total. The summed E-state index contributed by atoms with van der Waals surface area (Å²) in [5.74, 6) is 0.745. The highest BCUT2D eigenvalue weighted by Crippen LogP contribution is 2.29. The zero-order chi connectivity index (χ0) is 22.0. The van der Waals surface area contributed by atoms with Gasteiger partial charge in [-0.1, -0.05) is 28.9 Å². The molecule has 0 unspecified atom stereocenters. The number of para-hydroxylation sites is 1. The van der Waals surface area contributed by atoms with Crippen LogP contribution in [0.15, 0.2) is 57.9 Å². The van der Waals surface area contributed by atoms with Gasteiger partial charge in [0.15, 0.2) is 5.76 Å². The third kappa shape index (κ3) is 4.59. The standard InChI is InChI=1S/C21H21ClFN3O4S/c1-29-21-5-3-2-4-17(21)20-12-15(30-24-20)14-25-8-10-26(11-9-25)31(27,28)16-6-7-19(23)18(22)13-16/h2-7,12-13H,8-11,14H2,1H3. The predicted molar refractivity (Wildman–Crippen MR) is 114 cm³/mol. The average Bonchev–Trinajstić information content (AvgIpc) is 3.24. The molecule has 1 aliphatic heterocycles. The van der Waals surface area contributed by atoms with E-state index in [9.17, 15) is 12.8 Å². The largest absolute Gasteiger partial charge is 0.496 e. The fourth-order valence-corrected chi connectivity index (χ4v) is 5.20. The molecule has 1 fully saturated rings. The van der Waals surface area contributed by atoms with Crippen LogP contribution in [-0.2, 0) is 16.6 Å². The number of halogens is 2. The summed E-state index contributed by atoms with van der Waals surface area (Å²) in [5, 5.41) is 3.93. The molecule has 31 heavy (non-hydrogen) atoms. The number of ether oxygens (including phenoxy) is 1. The molecule has 0 saturated carbocycles. The summed E-state index contributed by atoms with van der Waals surface area (Å²) in [6.45, 7) is 2.19. The Morgan fingerprint density at radius 2 is 1.87 bits per heavy atom. The van der Waals surface area contributed by atoms with E-state index in [1.165, 1.54) is 10.4 Å². The lowest BCUT2D eigenvalue weighted by Gasteiger charge is -2.33. The number of nitrogens with zero attached hydrogens (tertiary/aromatic N) is 3. The predicted octanol–water partition coefficient (Wildman–Crippen LogP) is 3.65. The van der Waals surface area contributed by atoms with Crippen LogP contribution in [0.2, 0.25) is 5.02 Å². The van der Waals surface area contributed by atoms with Crippen LogP contribution in [0.1, 0.15) is 5.76 Å². The highest BCUT2D eigenvalue weighted by molar-refractivity contribution is 7.89. The van der Waals surface area contributed by atoms with E-state index in [0.29, 0.717) is 49.9 Å². The number of rotatable bonds is 6. The summed E-state index contributed by atoms with van der Waals surface area (Å²) in [5.41, 5.74) is 1.52. The second-order valence-corrected chi connectivity index (χ2v) is 9.48. The van der Waals surface area contributed by atoms with Crippen molar-refractivity contribution < 1.29 is 22.1 Å². The molecule has 7 nitrogen and oxygen atoms in total. The molecule has 2 heterocycles. The van der Waals surface area contributed by atoms with Gasteiger partial charge < -0.3 is 9.26 Å². The Morgan fingerprint density at radius 1 is 1.13 bits per heavy atom. The van der Waals surface area contributed by atoms with Gasteiger partial charge in [0.1, 0.15) is 17.3 Å². The van der Waals surface area contributed by atoms with Crippen molar-refractivity contribution in [2.75, 3.05) is 33.3 Å². The molecule has 1 aliphatic rings. The van der Waals surface area contributed by atoms with Crippen LogP contribution < -0.4 is 4.74 Å². The fraction of sp³-hybridized carbons (Fsp3) is 0.286. The summed E-state index contributed by atoms with van der Waals surface area (Å²) < 4.78 is 51.2. The summed E-state index contributed by atoms with van der Waals surface area (Å²) in [6.07, 6.45) is 0. The highest BCUT2D eigenvalue weighted by Gasteiger charge is 2.29. The first-order valence-electron chi connectivity index (χ1n) is 9.65. The number of sulfonamides is 1. The minimum atomic E-state index is -3.73. The van der Waals surface area contributed by atoms with Crippen LogP contribution in [0, 0.1) is 5.82 Å². The first kappa shape index (κ1) is 21.8. The topological polar surface area (TPSA) is 75.9 Å². The van der Waals surface area contributed by atoms with Crippen molar-refractivity contribution >= 4 is 21.6 Å². The molecule has 4 rings (SSSR count). The minimum absolute atomic E-state index is 0.0102. The van der Waals surface area contributed by atoms with Gasteiger partial charge in [-0.15, -0.1) is 0 Å². The average molecular weight is 466 g/mol. The number of methoxy groups -OCH3 is 1. The van der Waals surface area contributed by atoms with Gasteiger partial charge in [0, 0.05) is 37.8 Å². The molecule has 1 saturated heterocycles. The molecule has 164 valence electrons. The van der Waals surface area contributed by atoms with E-state index < -0.39 is 15.8 Å². The molecule has 0 aliphatic carbocycles. The number of hydrogen-bond acceptors (Lipinski definition) is 6. The van der Waals surface area contributed by atoms with E-state index in [-0.39, 0.29) is 9.92 Å². The Bertz CT molecular complexity index is 1180. The lowest BCUT2D eigenvalue weighted by molar-refractivity contribution is 0.166. The van der Waals surface area contributed by atoms with E-state index in [1.54, 1.807) is 7.11 Å². The Morgan fingerprint density at radius 3 is 2.58 bits per heavy atom. The molecule has 0 amide bonds. The van der Waals surface area contributed by atoms with E-state index in [4.69, 9.17) is 20.9 Å². The molecule has 10 heteroatoms. The molecular formula is C21H21ClFN3O4S. The van der Waals surface area contributed by atoms with Crippen LogP contribution in [-0.4, -0.2) is 56.1 Å². The molecule has 1 aromatic heterocycles. The number of benzene rings is 2. The van der Waals surface area contributed by atoms with Gasteiger partial charge in [0.25, 0.3) is 0 Å². The van der Waals surface area contributed by atoms with E-state index in [0.717, 1.165) is 17.7 Å². The molecule has 0 radical (unpaired) electrons. The van der Waals surface area contributed by atoms with Crippen molar-refractivity contribution in [1.29, 1.82) is 0 Å². The van der Waals surface area contributed by atoms with Crippen LogP contribution in [0.25, 0.3) is 11.3 Å². The third-order valence-corrected chi connectivity index (χ3v) is 7.37. The molecule has 0 bridgehead atoms. The van der Waals surface area contributed by atoms with Crippen molar-refractivity contribution in [3.8, 4) is 17.0 Å². The maximum absolute atomic E-state index is 13.4. The monoisotopic (exact) mass is 465 g/mol. The Kier molecular flexibility index (Phi) is 6.29. The van der Waals surface area contributed by atoms with E-state index in [2.05, 4.69) is 10.1 Å². The van der Waals surface area contributed by atoms with Crippen molar-refractivity contribution in [1.82, 2.24) is 14.4 Å². The second-order valence-electron chi connectivity index (χ2n) is 7.13. The van der Waals surface area contributed by atoms with Gasteiger partial charge in [0.05, 0.1) is 23.6 Å². The summed E-state index contributed by atoms with van der Waals surface area (Å²) in [7, 11) is -2.13. The molecule has 2 aromatic carbocycles. The third-order valence-electron chi connectivity index (χ3n) is 5.18. The van der Waals surface area contributed by atoms with Gasteiger partial charge >= 0.3 is 0 Å². The van der Waals surface area contributed by atoms with Crippen molar-refractivity contribution in [3.05, 3.63) is 65.1 Å². The lowest BCUT2D eigenvalue weighted by atomic mass is 10.1. The van der Waals surface area contributed by atoms with Gasteiger partial charge in [0.2, 0.25) is 10.0 Å². The molecule has 0 spiro atoms. The highest BCUT2D eigenvalue weighted by atomic mass is 35.5. The van der Waals surface area contributed by atoms with Gasteiger partial charge in [-0.05, 0) is 30.3 Å². The van der Waals surface area contributed by atoms with Crippen LogP contribution >= 0.6 is 11.6 Å². The first-order valence-corrected chi connectivity index (χ1v) is 11.5. The van der Waals surface area contributed by atoms with Crippen molar-refractivity contribution in [3.63, 3.8) is 0 Å². The molecular weight excluding hydrogens is 445 g/mol. The number of aromatic nitrogens is 1. The van der Waals surface area contributed by atoms with E-state index in [1.807, 2.05) is 30.3 Å². The van der Waals surface area contributed by atoms with Crippen molar-refractivity contribution in [2.24, 2.45) is 0 Å². The smallest absolute Gasteiger partial charge is 0.243 e. The first-order chi connectivity index (χ1) is 14.9. The van der Waals surface area contributed by atoms with Crippen molar-refractivity contribution in [2.45, 2.75) is 11.4 Å². The molecule has 0 atom stereocenters. The number of hydrogen-bond donors (Lipinski definition) is 0. The maximum Gasteiger partial charge on any atom is 0.243 e. The normalized spacial score (nSPS) is 15.8. The summed E-state index contributed by atoms with van der Waals surface area (Å²) >= 11 is 5.75. The minimum Gasteiger partial charge on any atom is -0.496 e. The Hall–Kier alpha value is -2.46. The fourth-order valence-electron chi connectivity index (χ4n) is 3.51. The lowest BCUT2D eigenvalue weighted by Crippen LogP contribution is -2.48. The van der Waals surface area contributed by atoms with Crippen LogP contribution in [0.3, 0.4) is 0 Å². The SMILES string of the molecule is COc1ccccc1-c1cc(CN2CCN(S(=O)(=O)c3ccc(F)c(Cl)c3)CC2)on1. The van der Waals surface area contributed by atoms with Crippen LogP contribution in [0.5, 0.6) is 5.75 Å². The quantitative estimate of drug-likeness (QED) is 0.553. The van der Waals surface area contributed by atoms with Crippen LogP contribution in [0.4, 0.5) is 4.39 Å². The number of piperazine rings is 1. The Balaban J connectivity index is 1.40. The maximum atomic E-state index is 13.4. The summed E-state index contributed by atoms with van der Waals surface area (Å²) in [4.78, 5) is 2.08.